The minimum Gasteiger partial charge on any atom is -0.396 e. The van der Waals surface area contributed by atoms with E-state index in [2.05, 4.69) is 77.2 Å². The Bertz CT molecular complexity index is 837. The minimum absolute atomic E-state index is 0.196. The van der Waals surface area contributed by atoms with Gasteiger partial charge in [0.2, 0.25) is 0 Å². The van der Waals surface area contributed by atoms with Crippen LogP contribution in [0.25, 0.3) is 6.08 Å². The smallest absolute Gasteiger partial charge is 0.0950 e. The highest BCUT2D eigenvalue weighted by Crippen LogP contribution is 2.22. The summed E-state index contributed by atoms with van der Waals surface area (Å²) in [6.07, 6.45) is 21.2. The van der Waals surface area contributed by atoms with E-state index in [4.69, 9.17) is 0 Å². The van der Waals surface area contributed by atoms with E-state index in [1.165, 1.54) is 11.1 Å². The summed E-state index contributed by atoms with van der Waals surface area (Å²) in [5, 5.41) is 13.7. The number of unbranched alkanes of at least 4 members (excludes halogenated alkanes) is 2. The van der Waals surface area contributed by atoms with Gasteiger partial charge in [0, 0.05) is 30.3 Å². The van der Waals surface area contributed by atoms with Gasteiger partial charge in [0.05, 0.1) is 17.7 Å². The third-order valence-electron chi connectivity index (χ3n) is 5.19. The summed E-state index contributed by atoms with van der Waals surface area (Å²) < 4.78 is 2.06. The van der Waals surface area contributed by atoms with Crippen molar-refractivity contribution in [1.29, 1.82) is 0 Å². The van der Waals surface area contributed by atoms with Gasteiger partial charge in [-0.05, 0) is 55.7 Å². The van der Waals surface area contributed by atoms with Crippen molar-refractivity contribution in [2.45, 2.75) is 39.5 Å². The first-order chi connectivity index (χ1) is 14.0. The maximum atomic E-state index is 9.42. The maximum absolute atomic E-state index is 9.42. The molecule has 1 N–H and O–H groups in total. The Morgan fingerprint density at radius 3 is 2.79 bits per heavy atom. The highest BCUT2D eigenvalue weighted by atomic mass is 32.1. The highest BCUT2D eigenvalue weighted by Gasteiger charge is 2.12. The van der Waals surface area contributed by atoms with E-state index in [-0.39, 0.29) is 18.4 Å². The van der Waals surface area contributed by atoms with Gasteiger partial charge >= 0.3 is 0 Å². The molecule has 0 aliphatic heterocycles. The predicted molar refractivity (Wildman–Crippen MR) is 126 cm³/mol. The topological polar surface area (TPSA) is 38.0 Å². The van der Waals surface area contributed by atoms with Crippen LogP contribution in [-0.2, 0) is 13.5 Å². The summed E-state index contributed by atoms with van der Waals surface area (Å²) >= 11 is 1.68. The van der Waals surface area contributed by atoms with E-state index < -0.39 is 0 Å². The van der Waals surface area contributed by atoms with Gasteiger partial charge in [-0.15, -0.1) is 17.9 Å². The van der Waals surface area contributed by atoms with E-state index in [1.54, 1.807) is 11.3 Å². The molecule has 2 unspecified atom stereocenters. The molecule has 1 aliphatic rings. The zero-order valence-electron chi connectivity index (χ0n) is 17.9. The summed E-state index contributed by atoms with van der Waals surface area (Å²) in [4.78, 5) is 4.66. The molecule has 0 spiro atoms. The lowest BCUT2D eigenvalue weighted by Crippen LogP contribution is -2.10. The van der Waals surface area contributed by atoms with E-state index in [0.29, 0.717) is 0 Å². The third-order valence-corrected chi connectivity index (χ3v) is 5.97. The monoisotopic (exact) mass is 410 g/mol. The molecule has 2 atom stereocenters. The molecule has 0 bridgehead atoms. The van der Waals surface area contributed by atoms with E-state index in [0.717, 1.165) is 37.1 Å². The van der Waals surface area contributed by atoms with Gasteiger partial charge < -0.3 is 9.67 Å². The molecule has 1 aromatic heterocycles. The van der Waals surface area contributed by atoms with Gasteiger partial charge in [0.1, 0.15) is 0 Å². The minimum atomic E-state index is 0.196. The number of allylic oxidation sites excluding steroid dienone is 8. The molecule has 0 saturated heterocycles. The van der Waals surface area contributed by atoms with Crippen LogP contribution in [0.5, 0.6) is 0 Å². The predicted octanol–water partition coefficient (Wildman–Crippen LogP) is 6.21. The third kappa shape index (κ3) is 7.64. The molecule has 0 fully saturated rings. The average molecular weight is 411 g/mol. The molecule has 0 aromatic carbocycles. The van der Waals surface area contributed by atoms with Crippen molar-refractivity contribution in [1.82, 2.24) is 9.55 Å². The number of nitrogens with zero attached hydrogens (tertiary/aromatic N) is 2. The Labute approximate surface area is 179 Å². The first-order valence-electron chi connectivity index (χ1n) is 10.3. The summed E-state index contributed by atoms with van der Waals surface area (Å²) in [7, 11) is 2.03. The fourth-order valence-electron chi connectivity index (χ4n) is 3.02. The van der Waals surface area contributed by atoms with Crippen LogP contribution in [0.2, 0.25) is 0 Å². The molecule has 156 valence electrons. The summed E-state index contributed by atoms with van der Waals surface area (Å²) in [5.41, 5.74) is 4.64. The quantitative estimate of drug-likeness (QED) is 0.388. The van der Waals surface area contributed by atoms with Crippen LogP contribution < -0.4 is 0 Å². The van der Waals surface area contributed by atoms with Crippen molar-refractivity contribution in [2.24, 2.45) is 18.9 Å². The van der Waals surface area contributed by atoms with Crippen molar-refractivity contribution in [3.05, 3.63) is 82.7 Å². The lowest BCUT2D eigenvalue weighted by Gasteiger charge is -2.13. The Hall–Kier alpha value is -2.17. The lowest BCUT2D eigenvalue weighted by atomic mass is 9.94. The maximum Gasteiger partial charge on any atom is 0.0950 e. The zero-order chi connectivity index (χ0) is 21.1. The van der Waals surface area contributed by atoms with Crippen LogP contribution in [0.1, 0.15) is 44.5 Å². The Balaban J connectivity index is 2.14. The SMILES string of the molecule is C=CCCCCc1cscc(/C=C/C2=C(C)C=CC(C(C)CO)C=C2)n(C)cn1. The molecular weight excluding hydrogens is 376 g/mol. The van der Waals surface area contributed by atoms with Gasteiger partial charge in [-0.3, -0.25) is 0 Å². The van der Waals surface area contributed by atoms with E-state index in [9.17, 15) is 5.11 Å². The Morgan fingerprint density at radius 2 is 2.03 bits per heavy atom. The van der Waals surface area contributed by atoms with Crippen LogP contribution in [-0.4, -0.2) is 21.3 Å². The van der Waals surface area contributed by atoms with Crippen LogP contribution in [0.4, 0.5) is 0 Å². The van der Waals surface area contributed by atoms with Crippen molar-refractivity contribution in [3.63, 3.8) is 0 Å². The number of hydrogen-bond acceptors (Lipinski definition) is 3. The lowest BCUT2D eigenvalue weighted by molar-refractivity contribution is 0.220. The Morgan fingerprint density at radius 1 is 1.24 bits per heavy atom. The van der Waals surface area contributed by atoms with E-state index >= 15 is 0 Å². The molecule has 1 heterocycles. The largest absolute Gasteiger partial charge is 0.396 e. The zero-order valence-corrected chi connectivity index (χ0v) is 18.7. The molecule has 2 rings (SSSR count). The molecule has 29 heavy (non-hydrogen) atoms. The number of aromatic nitrogens is 2. The van der Waals surface area contributed by atoms with Gasteiger partial charge in [-0.25, -0.2) is 4.98 Å². The summed E-state index contributed by atoms with van der Waals surface area (Å²) in [6.45, 7) is 8.17. The normalized spacial score (nSPS) is 17.4. The molecule has 1 aromatic rings. The first kappa shape index (κ1) is 23.1. The molecule has 3 nitrogen and oxygen atoms in total. The highest BCUT2D eigenvalue weighted by molar-refractivity contribution is 7.07. The molecule has 0 radical (unpaired) electrons. The standard InChI is InChI=1S/C25H34N2OS/c1-5-6-7-8-9-24-17-29-18-25(27(4)19-26-24)15-14-22-12-13-23(21(3)16-28)11-10-20(22)2/h5,10-15,17-19,21,23,28H,1,6-9,16H2,2-4H3/b15-14+,24-17?,25-18?,26-19?. The van der Waals surface area contributed by atoms with Gasteiger partial charge in [-0.1, -0.05) is 43.4 Å². The van der Waals surface area contributed by atoms with Crippen molar-refractivity contribution in [3.8, 4) is 0 Å². The number of aliphatic hydroxyl groups is 1. The van der Waals surface area contributed by atoms with Crippen LogP contribution in [0, 0.1) is 11.8 Å². The Kier molecular flexibility index (Phi) is 9.89. The summed E-state index contributed by atoms with van der Waals surface area (Å²) in [6, 6.07) is 0. The van der Waals surface area contributed by atoms with Crippen molar-refractivity contribution in [2.75, 3.05) is 6.61 Å². The first-order valence-corrected chi connectivity index (χ1v) is 11.3. The molecule has 1 aliphatic carbocycles. The second-order valence-corrected chi connectivity index (χ2v) is 8.35. The molecular formula is C25H34N2OS. The number of hydrogen-bond donors (Lipinski definition) is 1. The molecule has 0 amide bonds. The van der Waals surface area contributed by atoms with Gasteiger partial charge in [0.25, 0.3) is 0 Å². The van der Waals surface area contributed by atoms with Crippen LogP contribution >= 0.6 is 11.3 Å². The summed E-state index contributed by atoms with van der Waals surface area (Å²) in [5.74, 6) is 0.491. The van der Waals surface area contributed by atoms with Crippen LogP contribution in [0.15, 0.2) is 71.3 Å². The number of aryl methyl sites for hydroxylation is 2. The van der Waals surface area contributed by atoms with Crippen molar-refractivity contribution < 1.29 is 5.11 Å². The number of aliphatic hydroxyl groups excluding tert-OH is 1. The second kappa shape index (κ2) is 12.4. The fraction of sp³-hybridized carbons (Fsp3) is 0.400. The van der Waals surface area contributed by atoms with Gasteiger partial charge in [-0.2, -0.15) is 0 Å². The molecule has 4 heteroatoms. The fourth-order valence-corrected chi connectivity index (χ4v) is 3.81. The van der Waals surface area contributed by atoms with Crippen molar-refractivity contribution >= 4 is 17.4 Å². The molecule has 0 saturated carbocycles. The number of rotatable bonds is 9. The van der Waals surface area contributed by atoms with Crippen LogP contribution in [0.3, 0.4) is 0 Å². The average Bonchev–Trinajstić information content (AvgIpc) is 2.90. The van der Waals surface area contributed by atoms with Gasteiger partial charge in [0.15, 0.2) is 0 Å². The van der Waals surface area contributed by atoms with E-state index in [1.807, 2.05) is 19.5 Å². The second-order valence-electron chi connectivity index (χ2n) is 7.61.